The molecule has 2 heterocycles. The van der Waals surface area contributed by atoms with Gasteiger partial charge in [0.2, 0.25) is 0 Å². The van der Waals surface area contributed by atoms with Gasteiger partial charge in [0.1, 0.15) is 5.82 Å². The number of aliphatic imine (C=N–C) groups is 1. The molecule has 0 saturated carbocycles. The molecule has 0 aromatic heterocycles. The zero-order valence-electron chi connectivity index (χ0n) is 15.1. The number of likely N-dealkylation sites (tertiary alicyclic amines) is 1. The normalized spacial score (nSPS) is 22.0. The largest absolute Gasteiger partial charge is 0.366 e. The molecule has 2 aliphatic rings. The van der Waals surface area contributed by atoms with Crippen LogP contribution in [0, 0.1) is 5.82 Å². The minimum Gasteiger partial charge on any atom is -0.366 e. The van der Waals surface area contributed by atoms with E-state index in [-0.39, 0.29) is 29.8 Å². The summed E-state index contributed by atoms with van der Waals surface area (Å²) >= 11 is 0. The second kappa shape index (κ2) is 9.56. The predicted molar refractivity (Wildman–Crippen MR) is 113 cm³/mol. The molecule has 1 N–H and O–H groups in total. The Hall–Kier alpha value is -1.09. The van der Waals surface area contributed by atoms with Crippen molar-refractivity contribution in [2.45, 2.75) is 18.9 Å². The van der Waals surface area contributed by atoms with E-state index in [2.05, 4.69) is 32.1 Å². The monoisotopic (exact) mass is 461 g/mol. The number of anilines is 1. The Labute approximate surface area is 167 Å². The smallest absolute Gasteiger partial charge is 0.193 e. The van der Waals surface area contributed by atoms with E-state index >= 15 is 0 Å². The third-order valence-electron chi connectivity index (χ3n) is 5.15. The van der Waals surface area contributed by atoms with Crippen LogP contribution in [0.15, 0.2) is 29.3 Å². The Morgan fingerprint density at radius 2 is 1.92 bits per heavy atom. The minimum absolute atomic E-state index is 0. The van der Waals surface area contributed by atoms with Crippen LogP contribution < -0.4 is 10.2 Å². The zero-order valence-corrected chi connectivity index (χ0v) is 17.4. The molecule has 1 unspecified atom stereocenters. The minimum atomic E-state index is -0.141. The predicted octanol–water partition coefficient (Wildman–Crippen LogP) is 2.24. The molecule has 3 rings (SSSR count). The van der Waals surface area contributed by atoms with Gasteiger partial charge in [-0.3, -0.25) is 4.99 Å². The highest BCUT2D eigenvalue weighted by atomic mass is 127. The fourth-order valence-corrected chi connectivity index (χ4v) is 3.65. The Morgan fingerprint density at radius 1 is 1.20 bits per heavy atom. The summed E-state index contributed by atoms with van der Waals surface area (Å²) in [6.45, 7) is 5.46. The van der Waals surface area contributed by atoms with Gasteiger partial charge in [0, 0.05) is 45.8 Å². The molecule has 140 valence electrons. The zero-order chi connectivity index (χ0) is 16.9. The van der Waals surface area contributed by atoms with Gasteiger partial charge in [-0.2, -0.15) is 0 Å². The molecule has 25 heavy (non-hydrogen) atoms. The molecule has 1 atom stereocenters. The van der Waals surface area contributed by atoms with Gasteiger partial charge >= 0.3 is 0 Å². The van der Waals surface area contributed by atoms with Gasteiger partial charge in [-0.1, -0.05) is 12.1 Å². The first-order valence-electron chi connectivity index (χ1n) is 8.84. The van der Waals surface area contributed by atoms with E-state index in [9.17, 15) is 4.39 Å². The Balaban J connectivity index is 0.00000225. The number of hydrogen-bond donors (Lipinski definition) is 1. The first-order chi connectivity index (χ1) is 11.7. The molecule has 5 nitrogen and oxygen atoms in total. The lowest BCUT2D eigenvalue weighted by Crippen LogP contribution is -2.54. The molecule has 2 aliphatic heterocycles. The second-order valence-corrected chi connectivity index (χ2v) is 6.63. The summed E-state index contributed by atoms with van der Waals surface area (Å²) in [6.07, 6.45) is 2.53. The van der Waals surface area contributed by atoms with Gasteiger partial charge in [0.05, 0.1) is 5.69 Å². The van der Waals surface area contributed by atoms with Crippen molar-refractivity contribution in [3.05, 3.63) is 30.1 Å². The molecule has 0 amide bonds. The molecule has 0 spiro atoms. The van der Waals surface area contributed by atoms with Crippen molar-refractivity contribution in [2.75, 3.05) is 58.3 Å². The summed E-state index contributed by atoms with van der Waals surface area (Å²) in [6, 6.07) is 7.61. The van der Waals surface area contributed by atoms with Gasteiger partial charge in [-0.25, -0.2) is 4.39 Å². The summed E-state index contributed by atoms with van der Waals surface area (Å²) < 4.78 is 13.9. The van der Waals surface area contributed by atoms with Crippen molar-refractivity contribution in [2.24, 2.45) is 4.99 Å². The molecule has 7 heteroatoms. The van der Waals surface area contributed by atoms with Crippen LogP contribution in [-0.4, -0.2) is 75.2 Å². The van der Waals surface area contributed by atoms with Crippen LogP contribution in [0.2, 0.25) is 0 Å². The number of nitrogens with zero attached hydrogens (tertiary/aromatic N) is 4. The van der Waals surface area contributed by atoms with E-state index in [1.54, 1.807) is 6.07 Å². The van der Waals surface area contributed by atoms with Gasteiger partial charge in [0.25, 0.3) is 0 Å². The van der Waals surface area contributed by atoms with Crippen molar-refractivity contribution in [3.8, 4) is 0 Å². The van der Waals surface area contributed by atoms with Crippen LogP contribution in [-0.2, 0) is 0 Å². The van der Waals surface area contributed by atoms with E-state index in [0.29, 0.717) is 11.7 Å². The van der Waals surface area contributed by atoms with Crippen LogP contribution in [0.1, 0.15) is 12.8 Å². The molecule has 2 saturated heterocycles. The third-order valence-corrected chi connectivity index (χ3v) is 5.15. The van der Waals surface area contributed by atoms with Crippen molar-refractivity contribution in [3.63, 3.8) is 0 Å². The van der Waals surface area contributed by atoms with E-state index < -0.39 is 0 Å². The number of hydrogen-bond acceptors (Lipinski definition) is 3. The number of halogens is 2. The van der Waals surface area contributed by atoms with E-state index in [0.717, 1.165) is 38.7 Å². The average Bonchev–Trinajstić information content (AvgIpc) is 3.02. The molecule has 2 fully saturated rings. The molecule has 0 aliphatic carbocycles. The van der Waals surface area contributed by atoms with Crippen molar-refractivity contribution < 1.29 is 4.39 Å². The molecular weight excluding hydrogens is 432 g/mol. The maximum atomic E-state index is 13.9. The lowest BCUT2D eigenvalue weighted by Gasteiger charge is -2.38. The maximum Gasteiger partial charge on any atom is 0.193 e. The lowest BCUT2D eigenvalue weighted by molar-refractivity contribution is 0.303. The van der Waals surface area contributed by atoms with Gasteiger partial charge in [-0.05, 0) is 38.6 Å². The highest BCUT2D eigenvalue weighted by molar-refractivity contribution is 14.0. The maximum absolute atomic E-state index is 13.9. The Morgan fingerprint density at radius 3 is 2.52 bits per heavy atom. The molecule has 1 aromatic rings. The number of rotatable bonds is 3. The number of nitrogens with one attached hydrogen (secondary N) is 1. The number of likely N-dealkylation sites (N-methyl/N-ethyl adjacent to an activating group) is 1. The highest BCUT2D eigenvalue weighted by Crippen LogP contribution is 2.20. The van der Waals surface area contributed by atoms with E-state index in [1.807, 2.05) is 19.2 Å². The number of guanidine groups is 1. The number of para-hydroxylation sites is 1. The van der Waals surface area contributed by atoms with Crippen LogP contribution in [0.4, 0.5) is 10.1 Å². The summed E-state index contributed by atoms with van der Waals surface area (Å²) in [5.74, 6) is 0.821. The van der Waals surface area contributed by atoms with Crippen LogP contribution in [0.5, 0.6) is 0 Å². The molecular formula is C18H29FIN5. The molecule has 0 radical (unpaired) electrons. The summed E-state index contributed by atoms with van der Waals surface area (Å²) in [7, 11) is 4.03. The van der Waals surface area contributed by atoms with Crippen LogP contribution in [0.25, 0.3) is 0 Å². The van der Waals surface area contributed by atoms with Crippen LogP contribution in [0.3, 0.4) is 0 Å². The number of benzene rings is 1. The van der Waals surface area contributed by atoms with Crippen molar-refractivity contribution >= 4 is 35.6 Å². The average molecular weight is 461 g/mol. The SMILES string of the molecule is CN=C(NCC1CCCN1C)N1CCN(c2ccccc2F)CC1.I. The topological polar surface area (TPSA) is 34.1 Å². The highest BCUT2D eigenvalue weighted by Gasteiger charge is 2.24. The first-order valence-corrected chi connectivity index (χ1v) is 8.84. The summed E-state index contributed by atoms with van der Waals surface area (Å²) in [4.78, 5) is 11.2. The quantitative estimate of drug-likeness (QED) is 0.426. The first kappa shape index (κ1) is 20.2. The molecule has 0 bridgehead atoms. The van der Waals surface area contributed by atoms with Gasteiger partial charge in [-0.15, -0.1) is 24.0 Å². The number of piperazine rings is 1. The van der Waals surface area contributed by atoms with E-state index in [1.165, 1.54) is 25.5 Å². The fraction of sp³-hybridized carbons (Fsp3) is 0.611. The lowest BCUT2D eigenvalue weighted by atomic mass is 10.2. The second-order valence-electron chi connectivity index (χ2n) is 6.63. The Bertz CT molecular complexity index is 574. The van der Waals surface area contributed by atoms with Crippen molar-refractivity contribution in [1.29, 1.82) is 0 Å². The standard InChI is InChI=1S/C18H28FN5.HI/c1-20-18(21-14-15-6-5-9-22(15)2)24-12-10-23(11-13-24)17-8-4-3-7-16(17)19;/h3-4,7-8,15H,5-6,9-14H2,1-2H3,(H,20,21);1H. The van der Waals surface area contributed by atoms with Gasteiger partial charge in [0.15, 0.2) is 5.96 Å². The third kappa shape index (κ3) is 4.97. The fourth-order valence-electron chi connectivity index (χ4n) is 3.65. The molecule has 1 aromatic carbocycles. The summed E-state index contributed by atoms with van der Waals surface area (Å²) in [5.41, 5.74) is 0.702. The Kier molecular flexibility index (Phi) is 7.74. The van der Waals surface area contributed by atoms with E-state index in [4.69, 9.17) is 0 Å². The van der Waals surface area contributed by atoms with Gasteiger partial charge < -0.3 is 20.0 Å². The van der Waals surface area contributed by atoms with Crippen LogP contribution >= 0.6 is 24.0 Å². The summed E-state index contributed by atoms with van der Waals surface area (Å²) in [5, 5.41) is 3.52. The van der Waals surface area contributed by atoms with Crippen molar-refractivity contribution in [1.82, 2.24) is 15.1 Å².